The van der Waals surface area contributed by atoms with Crippen molar-refractivity contribution < 1.29 is 13.5 Å². The number of hydrogen-bond acceptors (Lipinski definition) is 3. The van der Waals surface area contributed by atoms with Gasteiger partial charge in [0, 0.05) is 25.2 Å². The summed E-state index contributed by atoms with van der Waals surface area (Å²) in [5.74, 6) is -1.67. The lowest BCUT2D eigenvalue weighted by Crippen LogP contribution is -2.46. The molecule has 1 aliphatic rings. The third kappa shape index (κ3) is 2.47. The molecule has 18 heavy (non-hydrogen) atoms. The van der Waals surface area contributed by atoms with Gasteiger partial charge in [0.25, 0.3) is 0 Å². The number of nitrogens with two attached hydrogens (primary N) is 1. The lowest BCUT2D eigenvalue weighted by Gasteiger charge is -2.37. The highest BCUT2D eigenvalue weighted by Crippen LogP contribution is 2.26. The highest BCUT2D eigenvalue weighted by molar-refractivity contribution is 5.50. The number of benzene rings is 1. The molecule has 3 nitrogen and oxygen atoms in total. The quantitative estimate of drug-likeness (QED) is 0.880. The maximum absolute atomic E-state index is 14.0. The summed E-state index contributed by atoms with van der Waals surface area (Å²) in [5, 5.41) is 0. The number of nitrogens with zero attached hydrogens (tertiary/aromatic N) is 1. The summed E-state index contributed by atoms with van der Waals surface area (Å²) in [7, 11) is 0. The Morgan fingerprint density at radius 3 is 2.39 bits per heavy atom. The first-order valence-electron chi connectivity index (χ1n) is 6.10. The van der Waals surface area contributed by atoms with Crippen molar-refractivity contribution in [3.05, 3.63) is 29.3 Å². The molecule has 0 saturated carbocycles. The van der Waals surface area contributed by atoms with E-state index >= 15 is 0 Å². The van der Waals surface area contributed by atoms with Gasteiger partial charge >= 0.3 is 0 Å². The lowest BCUT2D eigenvalue weighted by molar-refractivity contribution is -0.00543. The molecule has 0 amide bonds. The van der Waals surface area contributed by atoms with Crippen LogP contribution in [0, 0.1) is 11.6 Å². The van der Waals surface area contributed by atoms with Crippen molar-refractivity contribution in [2.75, 3.05) is 18.0 Å². The Hall–Kier alpha value is -1.20. The summed E-state index contributed by atoms with van der Waals surface area (Å²) in [6.45, 7) is 4.96. The van der Waals surface area contributed by atoms with E-state index in [2.05, 4.69) is 0 Å². The molecule has 1 fully saturated rings. The largest absolute Gasteiger partial charge is 0.372 e. The fourth-order valence-electron chi connectivity index (χ4n) is 2.36. The maximum Gasteiger partial charge on any atom is 0.182 e. The highest BCUT2D eigenvalue weighted by Gasteiger charge is 2.25. The van der Waals surface area contributed by atoms with Crippen molar-refractivity contribution in [3.8, 4) is 0 Å². The zero-order chi connectivity index (χ0) is 13.3. The Morgan fingerprint density at radius 1 is 1.22 bits per heavy atom. The molecular formula is C13H18F2N2O. The Bertz CT molecular complexity index is 429. The summed E-state index contributed by atoms with van der Waals surface area (Å²) in [5.41, 5.74) is 5.84. The predicted molar refractivity (Wildman–Crippen MR) is 66.5 cm³/mol. The average molecular weight is 256 g/mol. The minimum Gasteiger partial charge on any atom is -0.372 e. The van der Waals surface area contributed by atoms with Gasteiger partial charge in [0.1, 0.15) is 0 Å². The van der Waals surface area contributed by atoms with Gasteiger partial charge in [-0.15, -0.1) is 0 Å². The number of morpholine rings is 1. The van der Waals surface area contributed by atoms with Gasteiger partial charge in [0.15, 0.2) is 11.6 Å². The summed E-state index contributed by atoms with van der Waals surface area (Å²) in [6, 6.07) is 3.13. The Labute approximate surface area is 106 Å². The van der Waals surface area contributed by atoms with E-state index < -0.39 is 11.6 Å². The van der Waals surface area contributed by atoms with Gasteiger partial charge in [-0.3, -0.25) is 0 Å². The van der Waals surface area contributed by atoms with E-state index in [1.54, 1.807) is 12.1 Å². The molecule has 0 radical (unpaired) electrons. The van der Waals surface area contributed by atoms with Crippen LogP contribution in [0.1, 0.15) is 19.4 Å². The standard InChI is InChI=1S/C13H18F2N2O/c1-8-6-17(7-9(2)18-8)11-4-3-10(5-16)12(14)13(11)15/h3-4,8-9H,5-7,16H2,1-2H3/t8-,9+. The monoisotopic (exact) mass is 256 g/mol. The molecule has 1 saturated heterocycles. The lowest BCUT2D eigenvalue weighted by atomic mass is 10.1. The van der Waals surface area contributed by atoms with Crippen molar-refractivity contribution in [1.29, 1.82) is 0 Å². The zero-order valence-electron chi connectivity index (χ0n) is 10.6. The minimum absolute atomic E-state index is 0.00104. The van der Waals surface area contributed by atoms with Crippen molar-refractivity contribution >= 4 is 5.69 Å². The molecule has 1 aromatic carbocycles. The third-order valence-electron chi connectivity index (χ3n) is 3.12. The Balaban J connectivity index is 2.30. The molecule has 2 atom stereocenters. The Morgan fingerprint density at radius 2 is 1.83 bits per heavy atom. The normalized spacial score (nSPS) is 24.4. The molecule has 1 aromatic rings. The van der Waals surface area contributed by atoms with Crippen LogP contribution in [0.3, 0.4) is 0 Å². The summed E-state index contributed by atoms with van der Waals surface area (Å²) >= 11 is 0. The van der Waals surface area contributed by atoms with Gasteiger partial charge in [-0.2, -0.15) is 0 Å². The van der Waals surface area contributed by atoms with Gasteiger partial charge in [0.05, 0.1) is 17.9 Å². The van der Waals surface area contributed by atoms with Crippen LogP contribution >= 0.6 is 0 Å². The first-order chi connectivity index (χ1) is 8.52. The zero-order valence-corrected chi connectivity index (χ0v) is 10.6. The van der Waals surface area contributed by atoms with Crippen LogP contribution in [0.15, 0.2) is 12.1 Å². The topological polar surface area (TPSA) is 38.5 Å². The van der Waals surface area contributed by atoms with E-state index in [-0.39, 0.29) is 30.0 Å². The fraction of sp³-hybridized carbons (Fsp3) is 0.538. The molecule has 0 aliphatic carbocycles. The number of hydrogen-bond donors (Lipinski definition) is 1. The second kappa shape index (κ2) is 5.20. The van der Waals surface area contributed by atoms with Crippen LogP contribution in [0.5, 0.6) is 0 Å². The van der Waals surface area contributed by atoms with E-state index in [0.717, 1.165) is 0 Å². The molecular weight excluding hydrogens is 238 g/mol. The number of anilines is 1. The second-order valence-corrected chi connectivity index (χ2v) is 4.74. The van der Waals surface area contributed by atoms with Crippen LogP contribution in [-0.2, 0) is 11.3 Å². The molecule has 1 aliphatic heterocycles. The van der Waals surface area contributed by atoms with Crippen molar-refractivity contribution in [2.24, 2.45) is 5.73 Å². The molecule has 2 rings (SSSR count). The van der Waals surface area contributed by atoms with Gasteiger partial charge in [0.2, 0.25) is 0 Å². The maximum atomic E-state index is 14.0. The SMILES string of the molecule is C[C@@H]1CN(c2ccc(CN)c(F)c2F)C[C@H](C)O1. The van der Waals surface area contributed by atoms with E-state index in [9.17, 15) is 8.78 Å². The number of halogens is 2. The molecule has 0 bridgehead atoms. The molecule has 5 heteroatoms. The van der Waals surface area contributed by atoms with Gasteiger partial charge in [-0.25, -0.2) is 8.78 Å². The van der Waals surface area contributed by atoms with Crippen LogP contribution < -0.4 is 10.6 Å². The van der Waals surface area contributed by atoms with Crippen LogP contribution in [0.25, 0.3) is 0 Å². The van der Waals surface area contributed by atoms with E-state index in [0.29, 0.717) is 13.1 Å². The molecule has 2 N–H and O–H groups in total. The first-order valence-corrected chi connectivity index (χ1v) is 6.10. The molecule has 0 spiro atoms. The molecule has 100 valence electrons. The van der Waals surface area contributed by atoms with Gasteiger partial charge < -0.3 is 15.4 Å². The summed E-state index contributed by atoms with van der Waals surface area (Å²) in [6.07, 6.45) is 0.00999. The highest BCUT2D eigenvalue weighted by atomic mass is 19.2. The minimum atomic E-state index is -0.846. The van der Waals surface area contributed by atoms with Crippen molar-refractivity contribution in [1.82, 2.24) is 0 Å². The van der Waals surface area contributed by atoms with E-state index in [1.165, 1.54) is 0 Å². The molecule has 0 unspecified atom stereocenters. The Kier molecular flexibility index (Phi) is 3.82. The molecule has 1 heterocycles. The van der Waals surface area contributed by atoms with Crippen LogP contribution in [0.4, 0.5) is 14.5 Å². The number of ether oxygens (including phenoxy) is 1. The average Bonchev–Trinajstić information content (AvgIpc) is 2.31. The van der Waals surface area contributed by atoms with Crippen molar-refractivity contribution in [2.45, 2.75) is 32.6 Å². The summed E-state index contributed by atoms with van der Waals surface area (Å²) < 4.78 is 33.2. The first kappa shape index (κ1) is 13.2. The van der Waals surface area contributed by atoms with Gasteiger partial charge in [-0.05, 0) is 19.9 Å². The second-order valence-electron chi connectivity index (χ2n) is 4.74. The predicted octanol–water partition coefficient (Wildman–Crippen LogP) is 2.04. The fourth-order valence-corrected chi connectivity index (χ4v) is 2.36. The van der Waals surface area contributed by atoms with Crippen LogP contribution in [0.2, 0.25) is 0 Å². The van der Waals surface area contributed by atoms with Crippen molar-refractivity contribution in [3.63, 3.8) is 0 Å². The summed E-state index contributed by atoms with van der Waals surface area (Å²) in [4.78, 5) is 1.82. The smallest absolute Gasteiger partial charge is 0.182 e. The third-order valence-corrected chi connectivity index (χ3v) is 3.12. The van der Waals surface area contributed by atoms with E-state index in [4.69, 9.17) is 10.5 Å². The van der Waals surface area contributed by atoms with Crippen LogP contribution in [-0.4, -0.2) is 25.3 Å². The molecule has 0 aromatic heterocycles. The van der Waals surface area contributed by atoms with Gasteiger partial charge in [-0.1, -0.05) is 6.07 Å². The van der Waals surface area contributed by atoms with E-state index in [1.807, 2.05) is 18.7 Å². The number of rotatable bonds is 2.